The van der Waals surface area contributed by atoms with E-state index in [4.69, 9.17) is 0 Å². The summed E-state index contributed by atoms with van der Waals surface area (Å²) in [6.45, 7) is 0. The van der Waals surface area contributed by atoms with Crippen LogP contribution in [0.2, 0.25) is 0 Å². The van der Waals surface area contributed by atoms with E-state index in [1.54, 1.807) is 0 Å². The van der Waals surface area contributed by atoms with Gasteiger partial charge in [0.1, 0.15) is 10.1 Å². The first-order valence-electron chi connectivity index (χ1n) is 6.69. The first-order valence-corrected chi connectivity index (χ1v) is 8.16. The van der Waals surface area contributed by atoms with E-state index in [0.717, 1.165) is 0 Å². The van der Waals surface area contributed by atoms with E-state index in [2.05, 4.69) is 4.98 Å². The van der Waals surface area contributed by atoms with Crippen LogP contribution in [-0.4, -0.2) is 24.7 Å². The summed E-state index contributed by atoms with van der Waals surface area (Å²) in [4.78, 5) is 2.89. The largest absolute Gasteiger partial charge is 0.746 e. The van der Waals surface area contributed by atoms with Gasteiger partial charge in [0.15, 0.2) is 17.9 Å². The van der Waals surface area contributed by atoms with Crippen molar-refractivity contribution >= 4 is 10.1 Å². The smallest absolute Gasteiger partial charge is 0.389 e. The summed E-state index contributed by atoms with van der Waals surface area (Å²) >= 11 is 0. The molecule has 1 N–H and O–H groups in total. The maximum atomic E-state index is 12.5. The summed E-state index contributed by atoms with van der Waals surface area (Å²) in [5.74, 6) is 0. The molecule has 128 valence electrons. The summed E-state index contributed by atoms with van der Waals surface area (Å²) in [5.41, 5.74) is -2.45. The Morgan fingerprint density at radius 3 is 1.91 bits per heavy atom. The van der Waals surface area contributed by atoms with E-state index in [9.17, 15) is 30.5 Å². The summed E-state index contributed by atoms with van der Waals surface area (Å²) < 4.78 is 77.8. The van der Waals surface area contributed by atoms with E-state index in [-0.39, 0.29) is 25.7 Å². The molecule has 0 fully saturated rings. The van der Waals surface area contributed by atoms with E-state index in [1.807, 2.05) is 30.6 Å². The van der Waals surface area contributed by atoms with Crippen LogP contribution in [0.5, 0.6) is 0 Å². The minimum Gasteiger partial charge on any atom is -0.746 e. The van der Waals surface area contributed by atoms with Crippen LogP contribution in [0.4, 0.5) is 17.6 Å². The highest BCUT2D eigenvalue weighted by Gasteiger charge is 2.25. The molecular weight excluding hydrogens is 326 g/mol. The van der Waals surface area contributed by atoms with E-state index < -0.39 is 34.6 Å². The molecule has 1 unspecified atom stereocenters. The number of unbranched alkanes of at least 4 members (excludes halogenated alkanes) is 3. The molecule has 0 radical (unpaired) electrons. The fraction of sp³-hybridized carbons (Fsp3) is 0.615. The highest BCUT2D eigenvalue weighted by Crippen LogP contribution is 2.23. The number of alkyl halides is 4. The number of nitrogens with one attached hydrogen (secondary N) is 1. The average molecular weight is 345 g/mol. The van der Waals surface area contributed by atoms with Crippen LogP contribution in [0.1, 0.15) is 38.5 Å². The van der Waals surface area contributed by atoms with Crippen LogP contribution < -0.4 is 4.98 Å². The van der Waals surface area contributed by atoms with Gasteiger partial charge in [0, 0.05) is 18.6 Å². The van der Waals surface area contributed by atoms with Gasteiger partial charge < -0.3 is 4.55 Å². The Morgan fingerprint density at radius 2 is 1.55 bits per heavy atom. The third-order valence-electron chi connectivity index (χ3n) is 2.56. The van der Waals surface area contributed by atoms with E-state index in [1.165, 1.54) is 0 Å². The molecule has 0 bridgehead atoms. The van der Waals surface area contributed by atoms with Crippen molar-refractivity contribution in [1.82, 2.24) is 0 Å². The van der Waals surface area contributed by atoms with E-state index in [0.29, 0.717) is 0 Å². The lowest BCUT2D eigenvalue weighted by Crippen LogP contribution is -2.14. The van der Waals surface area contributed by atoms with Crippen LogP contribution in [-0.2, 0) is 10.1 Å². The summed E-state index contributed by atoms with van der Waals surface area (Å²) in [5, 5.41) is 0. The molecule has 0 aliphatic rings. The lowest BCUT2D eigenvalue weighted by atomic mass is 10.1. The minimum atomic E-state index is -4.92. The Labute approximate surface area is 127 Å². The molecule has 1 aromatic rings. The van der Waals surface area contributed by atoms with Gasteiger partial charge in [-0.05, 0) is 19.3 Å². The molecule has 1 aromatic heterocycles. The monoisotopic (exact) mass is 345 g/mol. The van der Waals surface area contributed by atoms with Gasteiger partial charge in [-0.1, -0.05) is 18.9 Å². The summed E-state index contributed by atoms with van der Waals surface area (Å²) in [7, 11) is -4.92. The molecule has 0 saturated heterocycles. The van der Waals surface area contributed by atoms with Crippen molar-refractivity contribution in [3.05, 3.63) is 30.6 Å². The van der Waals surface area contributed by atoms with Crippen LogP contribution in [0, 0.1) is 0 Å². The van der Waals surface area contributed by atoms with Crippen molar-refractivity contribution in [2.45, 2.75) is 50.2 Å². The second-order valence-electron chi connectivity index (χ2n) is 4.55. The van der Waals surface area contributed by atoms with Gasteiger partial charge in [0.25, 0.3) is 0 Å². The van der Waals surface area contributed by atoms with Crippen molar-refractivity contribution in [3.63, 3.8) is 0 Å². The highest BCUT2D eigenvalue weighted by atomic mass is 32.2. The minimum absolute atomic E-state index is 0.0649. The zero-order valence-corrected chi connectivity index (χ0v) is 12.7. The molecular formula is C13H19F4NO3S. The molecule has 1 rings (SSSR count). The Bertz CT molecular complexity index is 453. The first kappa shape index (κ1) is 20.8. The van der Waals surface area contributed by atoms with Gasteiger partial charge in [0.05, 0.1) is 0 Å². The van der Waals surface area contributed by atoms with Crippen LogP contribution in [0.3, 0.4) is 0 Å². The Balaban J connectivity index is 0.000000604. The molecule has 0 aromatic carbocycles. The van der Waals surface area contributed by atoms with Gasteiger partial charge in [-0.2, -0.15) is 13.2 Å². The average Bonchev–Trinajstić information content (AvgIpc) is 2.43. The standard InChI is InChI=1S/C8H14F4O3S.C5H5N/c9-7(16(13,14)15)5-3-1-2-4-6-8(10,11)12;1-2-4-6-5-3-1/h7H,1-6H2,(H,13,14,15);1-5H. The molecule has 0 aliphatic carbocycles. The molecule has 0 amide bonds. The molecule has 22 heavy (non-hydrogen) atoms. The lowest BCUT2D eigenvalue weighted by Gasteiger charge is -2.12. The number of hydrogen-bond donors (Lipinski definition) is 0. The summed E-state index contributed by atoms with van der Waals surface area (Å²) in [6, 6.07) is 5.86. The zero-order chi connectivity index (χ0) is 17.1. The van der Waals surface area contributed by atoms with Crippen molar-refractivity contribution in [1.29, 1.82) is 0 Å². The lowest BCUT2D eigenvalue weighted by molar-refractivity contribution is -0.377. The Kier molecular flexibility index (Phi) is 9.91. The van der Waals surface area contributed by atoms with Crippen molar-refractivity contribution in [2.24, 2.45) is 0 Å². The molecule has 4 nitrogen and oxygen atoms in total. The fourth-order valence-corrected chi connectivity index (χ4v) is 1.93. The summed E-state index contributed by atoms with van der Waals surface area (Å²) in [6.07, 6.45) is -1.23. The van der Waals surface area contributed by atoms with Gasteiger partial charge in [-0.25, -0.2) is 17.8 Å². The molecule has 9 heteroatoms. The third kappa shape index (κ3) is 13.7. The molecule has 1 heterocycles. The zero-order valence-electron chi connectivity index (χ0n) is 11.9. The number of halogens is 4. The van der Waals surface area contributed by atoms with Gasteiger partial charge in [-0.3, -0.25) is 0 Å². The molecule has 0 spiro atoms. The topological polar surface area (TPSA) is 71.3 Å². The van der Waals surface area contributed by atoms with Crippen LogP contribution >= 0.6 is 0 Å². The number of aromatic amines is 1. The maximum Gasteiger partial charge on any atom is 0.389 e. The normalized spacial score (nSPS) is 13.1. The van der Waals surface area contributed by atoms with Crippen molar-refractivity contribution in [2.75, 3.05) is 0 Å². The van der Waals surface area contributed by atoms with Gasteiger partial charge in [-0.15, -0.1) is 0 Å². The Hall–Kier alpha value is -1.22. The van der Waals surface area contributed by atoms with Crippen molar-refractivity contribution in [3.8, 4) is 0 Å². The van der Waals surface area contributed by atoms with E-state index >= 15 is 0 Å². The van der Waals surface area contributed by atoms with Crippen LogP contribution in [0.15, 0.2) is 30.6 Å². The number of rotatable bonds is 7. The third-order valence-corrected chi connectivity index (χ3v) is 3.42. The predicted molar refractivity (Wildman–Crippen MR) is 71.3 cm³/mol. The first-order chi connectivity index (χ1) is 10.1. The number of H-pyrrole nitrogens is 1. The number of hydrogen-bond acceptors (Lipinski definition) is 3. The highest BCUT2D eigenvalue weighted by molar-refractivity contribution is 7.86. The van der Waals surface area contributed by atoms with Gasteiger partial charge >= 0.3 is 6.18 Å². The second-order valence-corrected chi connectivity index (χ2v) is 6.05. The van der Waals surface area contributed by atoms with Crippen molar-refractivity contribution < 1.29 is 35.5 Å². The Morgan fingerprint density at radius 1 is 1.00 bits per heavy atom. The van der Waals surface area contributed by atoms with Crippen LogP contribution in [0.25, 0.3) is 0 Å². The molecule has 0 saturated carbocycles. The maximum absolute atomic E-state index is 12.5. The fourth-order valence-electron chi connectivity index (χ4n) is 1.47. The van der Waals surface area contributed by atoms with Gasteiger partial charge in [0.2, 0.25) is 0 Å². The predicted octanol–water partition coefficient (Wildman–Crippen LogP) is 3.23. The molecule has 1 atom stereocenters. The quantitative estimate of drug-likeness (QED) is 0.433. The molecule has 0 aliphatic heterocycles. The SMILES string of the molecule is O=S(=O)([O-])C(F)CCCCCCC(F)(F)F.c1cc[nH+]cc1. The number of aromatic nitrogens is 1. The second kappa shape index (κ2) is 10.5. The number of pyridine rings is 1.